The van der Waals surface area contributed by atoms with Gasteiger partial charge in [-0.3, -0.25) is 10.4 Å². The molecule has 0 radical (unpaired) electrons. The van der Waals surface area contributed by atoms with Gasteiger partial charge in [-0.1, -0.05) is 18.2 Å². The molecule has 2 aliphatic heterocycles. The highest BCUT2D eigenvalue weighted by atomic mass is 16.6. The zero-order chi connectivity index (χ0) is 38.2. The zero-order valence-corrected chi connectivity index (χ0v) is 31.1. The van der Waals surface area contributed by atoms with E-state index < -0.39 is 41.6 Å². The van der Waals surface area contributed by atoms with Crippen LogP contribution in [0.3, 0.4) is 0 Å². The lowest BCUT2D eigenvalue weighted by Gasteiger charge is -2.43. The van der Waals surface area contributed by atoms with Crippen molar-refractivity contribution in [1.82, 2.24) is 25.0 Å². The molecule has 53 heavy (non-hydrogen) atoms. The van der Waals surface area contributed by atoms with Crippen LogP contribution in [0.2, 0.25) is 0 Å². The Hall–Kier alpha value is -5.22. The second kappa shape index (κ2) is 17.1. The lowest BCUT2D eigenvalue weighted by molar-refractivity contribution is -0.151. The molecule has 1 atom stereocenters. The molecule has 0 saturated carbocycles. The van der Waals surface area contributed by atoms with Crippen LogP contribution >= 0.6 is 0 Å². The molecule has 286 valence electrons. The summed E-state index contributed by atoms with van der Waals surface area (Å²) in [5.74, 6) is -0.265. The van der Waals surface area contributed by atoms with Crippen LogP contribution in [0.5, 0.6) is 0 Å². The van der Waals surface area contributed by atoms with Gasteiger partial charge in [-0.05, 0) is 56.5 Å². The predicted octanol–water partition coefficient (Wildman–Crippen LogP) is 4.95. The van der Waals surface area contributed by atoms with Crippen LogP contribution in [0.15, 0.2) is 36.7 Å². The Morgan fingerprint density at radius 2 is 1.85 bits per heavy atom. The van der Waals surface area contributed by atoms with E-state index in [-0.39, 0.29) is 19.5 Å². The monoisotopic (exact) mass is 736 g/mol. The highest BCUT2D eigenvalue weighted by Gasteiger charge is 2.46. The van der Waals surface area contributed by atoms with E-state index in [1.807, 2.05) is 58.0 Å². The number of aryl methyl sites for hydroxylation is 1. The smallest absolute Gasteiger partial charge is 0.413 e. The number of aromatic nitrogens is 3. The molecule has 0 aliphatic carbocycles. The van der Waals surface area contributed by atoms with E-state index in [4.69, 9.17) is 28.4 Å². The van der Waals surface area contributed by atoms with Gasteiger partial charge in [0, 0.05) is 63.1 Å². The largest absolute Gasteiger partial charge is 0.466 e. The van der Waals surface area contributed by atoms with Gasteiger partial charge in [0.15, 0.2) is 0 Å². The van der Waals surface area contributed by atoms with E-state index in [9.17, 15) is 19.2 Å². The quantitative estimate of drug-likeness (QED) is 0.137. The minimum atomic E-state index is -1.16. The maximum absolute atomic E-state index is 13.3. The van der Waals surface area contributed by atoms with Gasteiger partial charge >= 0.3 is 24.2 Å². The third-order valence-corrected chi connectivity index (χ3v) is 8.84. The summed E-state index contributed by atoms with van der Waals surface area (Å²) < 4.78 is 33.1. The molecule has 5 rings (SSSR count). The van der Waals surface area contributed by atoms with Crippen molar-refractivity contribution in [2.45, 2.75) is 64.3 Å². The van der Waals surface area contributed by atoms with Gasteiger partial charge in [0.25, 0.3) is 0 Å². The fourth-order valence-corrected chi connectivity index (χ4v) is 6.13. The molecule has 1 fully saturated rings. The standard InChI is InChI=1S/C37H48N6O10/c1-24-18-26(19-27-23-39-41-30(24)27)21-29(32(44)48-6)51-35(47)43-11-9-37(10-12-43)28-20-25(22-38-31(28)40-33(45)52-37)8-7-14-49-16-17-50-15-13-42(5)34(46)53-36(2,3)4/h7-8,18-20,22-23,29H,9-17,21H2,1-6H3,(H,39,41)(H,38,40,45)/b8-7+/t29-/m1/s1. The first-order valence-electron chi connectivity index (χ1n) is 17.5. The number of aromatic amines is 1. The Labute approximate surface area is 308 Å². The predicted molar refractivity (Wildman–Crippen MR) is 193 cm³/mol. The van der Waals surface area contributed by atoms with Crippen LogP contribution in [0.25, 0.3) is 17.0 Å². The Balaban J connectivity index is 1.11. The molecule has 1 aromatic carbocycles. The summed E-state index contributed by atoms with van der Waals surface area (Å²) in [7, 11) is 2.91. The van der Waals surface area contributed by atoms with Gasteiger partial charge in [-0.2, -0.15) is 5.10 Å². The average molecular weight is 737 g/mol. The molecule has 4 heterocycles. The number of carbonyl (C=O) groups is 4. The summed E-state index contributed by atoms with van der Waals surface area (Å²) in [6.07, 6.45) is 4.94. The topological polar surface area (TPSA) is 184 Å². The van der Waals surface area contributed by atoms with Crippen LogP contribution in [-0.2, 0) is 45.2 Å². The Kier molecular flexibility index (Phi) is 12.6. The summed E-state index contributed by atoms with van der Waals surface area (Å²) in [4.78, 5) is 58.0. The van der Waals surface area contributed by atoms with Crippen LogP contribution < -0.4 is 5.32 Å². The van der Waals surface area contributed by atoms with Crippen LogP contribution in [0.4, 0.5) is 20.2 Å². The molecule has 0 bridgehead atoms. The molecular formula is C37H48N6O10. The maximum Gasteiger partial charge on any atom is 0.413 e. The van der Waals surface area contributed by atoms with Crippen molar-refractivity contribution in [3.05, 3.63) is 58.9 Å². The summed E-state index contributed by atoms with van der Waals surface area (Å²) in [5, 5.41) is 10.6. The zero-order valence-electron chi connectivity index (χ0n) is 31.1. The van der Waals surface area contributed by atoms with Gasteiger partial charge in [0.1, 0.15) is 17.0 Å². The molecule has 1 saturated heterocycles. The van der Waals surface area contributed by atoms with E-state index in [2.05, 4.69) is 20.5 Å². The number of amides is 3. The number of likely N-dealkylation sites (N-methyl/N-ethyl adjacent to an activating group) is 1. The highest BCUT2D eigenvalue weighted by molar-refractivity contribution is 5.88. The van der Waals surface area contributed by atoms with Gasteiger partial charge in [-0.15, -0.1) is 0 Å². The van der Waals surface area contributed by atoms with Crippen molar-refractivity contribution in [2.75, 3.05) is 65.5 Å². The molecule has 16 heteroatoms. The summed E-state index contributed by atoms with van der Waals surface area (Å²) in [6.45, 7) is 9.63. The van der Waals surface area contributed by atoms with Gasteiger partial charge in [-0.25, -0.2) is 24.2 Å². The van der Waals surface area contributed by atoms with Crippen LogP contribution in [0, 0.1) is 6.92 Å². The molecule has 2 N–H and O–H groups in total. The number of likely N-dealkylation sites (tertiary alicyclic amines) is 1. The highest BCUT2D eigenvalue weighted by Crippen LogP contribution is 2.43. The van der Waals surface area contributed by atoms with Crippen LogP contribution in [0.1, 0.15) is 55.9 Å². The lowest BCUT2D eigenvalue weighted by atomic mass is 9.83. The lowest BCUT2D eigenvalue weighted by Crippen LogP contribution is -2.50. The van der Waals surface area contributed by atoms with Crippen molar-refractivity contribution < 1.29 is 47.6 Å². The number of piperidine rings is 1. The van der Waals surface area contributed by atoms with Crippen molar-refractivity contribution >= 4 is 47.0 Å². The number of methoxy groups -OCH3 is 1. The number of anilines is 1. The molecule has 3 amide bonds. The second-order valence-corrected chi connectivity index (χ2v) is 14.0. The Morgan fingerprint density at radius 1 is 1.09 bits per heavy atom. The number of H-pyrrole nitrogens is 1. The number of fused-ring (bicyclic) bond motifs is 3. The first-order valence-corrected chi connectivity index (χ1v) is 17.5. The fraction of sp³-hybridized carbons (Fsp3) is 0.514. The second-order valence-electron chi connectivity index (χ2n) is 14.0. The van der Waals surface area contributed by atoms with Gasteiger partial charge < -0.3 is 38.2 Å². The summed E-state index contributed by atoms with van der Waals surface area (Å²) >= 11 is 0. The third-order valence-electron chi connectivity index (χ3n) is 8.84. The first kappa shape index (κ1) is 39.0. The molecular weight excluding hydrogens is 688 g/mol. The maximum atomic E-state index is 13.3. The third kappa shape index (κ3) is 10.2. The number of esters is 1. The van der Waals surface area contributed by atoms with Crippen LogP contribution in [-0.4, -0.2) is 121 Å². The van der Waals surface area contributed by atoms with Gasteiger partial charge in [0.05, 0.1) is 45.3 Å². The number of nitrogens with one attached hydrogen (secondary N) is 2. The fourth-order valence-electron chi connectivity index (χ4n) is 6.13. The molecule has 3 aromatic rings. The van der Waals surface area contributed by atoms with E-state index >= 15 is 0 Å². The molecule has 1 spiro atoms. The number of hydrogen-bond acceptors (Lipinski definition) is 12. The first-order chi connectivity index (χ1) is 25.3. The van der Waals surface area contributed by atoms with E-state index in [1.165, 1.54) is 16.9 Å². The molecule has 2 aliphatic rings. The van der Waals surface area contributed by atoms with E-state index in [1.54, 1.807) is 19.4 Å². The van der Waals surface area contributed by atoms with E-state index in [0.717, 1.165) is 27.6 Å². The average Bonchev–Trinajstić information content (AvgIpc) is 3.59. The van der Waals surface area contributed by atoms with E-state index in [0.29, 0.717) is 57.2 Å². The normalized spacial score (nSPS) is 15.8. The molecule has 16 nitrogen and oxygen atoms in total. The Morgan fingerprint density at radius 3 is 2.58 bits per heavy atom. The van der Waals surface area contributed by atoms with Gasteiger partial charge in [0.2, 0.25) is 6.10 Å². The molecule has 0 unspecified atom stereocenters. The summed E-state index contributed by atoms with van der Waals surface area (Å²) in [5.41, 5.74) is 2.56. The minimum absolute atomic E-state index is 0.130. The summed E-state index contributed by atoms with van der Waals surface area (Å²) in [6, 6.07) is 5.71. The number of carbonyl (C=O) groups excluding carboxylic acids is 4. The van der Waals surface area contributed by atoms with Crippen molar-refractivity contribution in [1.29, 1.82) is 0 Å². The van der Waals surface area contributed by atoms with Crippen molar-refractivity contribution in [3.8, 4) is 0 Å². The minimum Gasteiger partial charge on any atom is -0.466 e. The van der Waals surface area contributed by atoms with Crippen molar-refractivity contribution in [3.63, 3.8) is 0 Å². The number of rotatable bonds is 13. The number of pyridine rings is 1. The Bertz CT molecular complexity index is 1810. The number of nitrogens with zero attached hydrogens (tertiary/aromatic N) is 4. The SMILES string of the molecule is COC(=O)[C@@H](Cc1cc(C)c2[nH]ncc2c1)OC(=O)N1CCC2(CC1)OC(=O)Nc1ncc(/C=C/COCCOCCN(C)C(=O)OC(C)(C)C)cc12. The number of hydrogen-bond donors (Lipinski definition) is 2. The number of benzene rings is 1. The van der Waals surface area contributed by atoms with Crippen molar-refractivity contribution in [2.24, 2.45) is 0 Å². The number of ether oxygens (including phenoxy) is 6. The molecule has 2 aromatic heterocycles.